The Morgan fingerprint density at radius 2 is 1.73 bits per heavy atom. The van der Waals surface area contributed by atoms with E-state index < -0.39 is 10.0 Å². The van der Waals surface area contributed by atoms with Crippen LogP contribution in [0, 0.1) is 6.92 Å². The fourth-order valence-electron chi connectivity index (χ4n) is 4.12. The highest BCUT2D eigenvalue weighted by Gasteiger charge is 2.30. The van der Waals surface area contributed by atoms with Crippen molar-refractivity contribution < 1.29 is 17.7 Å². The summed E-state index contributed by atoms with van der Waals surface area (Å²) >= 11 is 0. The highest BCUT2D eigenvalue weighted by atomic mass is 32.2. The molecule has 3 aromatic rings. The molecule has 8 heteroatoms. The number of rotatable bonds is 9. The fraction of sp³-hybridized carbons (Fsp3) is 0.400. The lowest BCUT2D eigenvalue weighted by atomic mass is 10.1. The second-order valence-electron chi connectivity index (χ2n) is 8.37. The van der Waals surface area contributed by atoms with Gasteiger partial charge in [0.25, 0.3) is 0 Å². The van der Waals surface area contributed by atoms with E-state index in [1.807, 2.05) is 49.4 Å². The average Bonchev–Trinajstić information content (AvgIpc) is 3.26. The first-order valence-electron chi connectivity index (χ1n) is 11.4. The lowest BCUT2D eigenvalue weighted by Crippen LogP contribution is -2.35. The summed E-state index contributed by atoms with van der Waals surface area (Å²) in [5.74, 6) is 0.662. The van der Waals surface area contributed by atoms with Crippen molar-refractivity contribution in [3.8, 4) is 11.3 Å². The molecule has 0 atom stereocenters. The topological polar surface area (TPSA) is 75.9 Å². The number of ether oxygens (including phenoxy) is 1. The Morgan fingerprint density at radius 3 is 2.39 bits per heavy atom. The molecule has 0 unspecified atom stereocenters. The monoisotopic (exact) mass is 469 g/mol. The third-order valence-electron chi connectivity index (χ3n) is 6.00. The van der Waals surface area contributed by atoms with Gasteiger partial charge in [-0.3, -0.25) is 0 Å². The largest absolute Gasteiger partial charge is 0.383 e. The summed E-state index contributed by atoms with van der Waals surface area (Å²) in [4.78, 5) is 2.45. The number of hydrogen-bond donors (Lipinski definition) is 0. The molecule has 2 aromatic carbocycles. The number of benzene rings is 2. The Balaban J connectivity index is 1.75. The van der Waals surface area contributed by atoms with Gasteiger partial charge >= 0.3 is 0 Å². The zero-order chi connectivity index (χ0) is 23.3. The smallest absolute Gasteiger partial charge is 0.243 e. The average molecular weight is 470 g/mol. The highest BCUT2D eigenvalue weighted by molar-refractivity contribution is 7.89. The minimum atomic E-state index is -3.75. The SMILES string of the molecule is COCCN(Cc1c(-c2ccccc2)noc1N1CCCCC1)S(=O)(=O)c1ccc(C)cc1. The minimum Gasteiger partial charge on any atom is -0.383 e. The van der Waals surface area contributed by atoms with Gasteiger partial charge in [-0.2, -0.15) is 4.31 Å². The summed E-state index contributed by atoms with van der Waals surface area (Å²) in [5, 5.41) is 4.39. The first-order valence-corrected chi connectivity index (χ1v) is 12.8. The normalized spacial score (nSPS) is 14.7. The molecule has 4 rings (SSSR count). The van der Waals surface area contributed by atoms with Gasteiger partial charge < -0.3 is 14.2 Å². The third kappa shape index (κ3) is 5.29. The lowest BCUT2D eigenvalue weighted by Gasteiger charge is -2.28. The van der Waals surface area contributed by atoms with E-state index in [-0.39, 0.29) is 24.6 Å². The zero-order valence-electron chi connectivity index (χ0n) is 19.2. The Morgan fingerprint density at radius 1 is 1.03 bits per heavy atom. The van der Waals surface area contributed by atoms with Crippen LogP contribution in [0.15, 0.2) is 64.0 Å². The van der Waals surface area contributed by atoms with Crippen molar-refractivity contribution in [3.05, 3.63) is 65.7 Å². The Hall–Kier alpha value is -2.68. The van der Waals surface area contributed by atoms with Crippen LogP contribution in [-0.4, -0.2) is 51.2 Å². The van der Waals surface area contributed by atoms with Crippen LogP contribution in [0.25, 0.3) is 11.3 Å². The summed E-state index contributed by atoms with van der Waals surface area (Å²) in [6, 6.07) is 16.7. The van der Waals surface area contributed by atoms with Crippen molar-refractivity contribution in [2.24, 2.45) is 0 Å². The molecule has 7 nitrogen and oxygen atoms in total. The summed E-state index contributed by atoms with van der Waals surface area (Å²) in [7, 11) is -2.17. The number of piperidine rings is 1. The maximum absolute atomic E-state index is 13.6. The van der Waals surface area contributed by atoms with Gasteiger partial charge in [-0.1, -0.05) is 53.2 Å². The number of anilines is 1. The van der Waals surface area contributed by atoms with Gasteiger partial charge in [-0.15, -0.1) is 0 Å². The quantitative estimate of drug-likeness (QED) is 0.460. The van der Waals surface area contributed by atoms with E-state index in [2.05, 4.69) is 10.1 Å². The molecule has 176 valence electrons. The molecule has 2 heterocycles. The minimum absolute atomic E-state index is 0.152. The standard InChI is InChI=1S/C25H31N3O4S/c1-20-11-13-22(14-12-20)33(29,30)28(17-18-31-2)19-23-24(21-9-5-3-6-10-21)26-32-25(23)27-15-7-4-8-16-27/h3,5-6,9-14H,4,7-8,15-19H2,1-2H3. The van der Waals surface area contributed by atoms with Crippen molar-refractivity contribution in [1.29, 1.82) is 0 Å². The summed E-state index contributed by atoms with van der Waals surface area (Å²) in [5.41, 5.74) is 3.38. The maximum atomic E-state index is 13.6. The number of hydrogen-bond acceptors (Lipinski definition) is 6. The molecule has 1 aliphatic heterocycles. The zero-order valence-corrected chi connectivity index (χ0v) is 20.1. The molecule has 1 saturated heterocycles. The second-order valence-corrected chi connectivity index (χ2v) is 10.3. The van der Waals surface area contributed by atoms with Crippen molar-refractivity contribution in [3.63, 3.8) is 0 Å². The summed E-state index contributed by atoms with van der Waals surface area (Å²) in [6.45, 7) is 4.35. The van der Waals surface area contributed by atoms with Gasteiger partial charge in [0.2, 0.25) is 15.9 Å². The van der Waals surface area contributed by atoms with Crippen molar-refractivity contribution in [2.75, 3.05) is 38.3 Å². The molecule has 33 heavy (non-hydrogen) atoms. The van der Waals surface area contributed by atoms with Crippen molar-refractivity contribution in [1.82, 2.24) is 9.46 Å². The molecule has 0 amide bonds. The highest BCUT2D eigenvalue weighted by Crippen LogP contribution is 2.35. The second kappa shape index (κ2) is 10.5. The number of nitrogens with zero attached hydrogens (tertiary/aromatic N) is 3. The molecule has 0 aliphatic carbocycles. The fourth-order valence-corrected chi connectivity index (χ4v) is 5.52. The third-order valence-corrected chi connectivity index (χ3v) is 7.86. The van der Waals surface area contributed by atoms with Crippen LogP contribution >= 0.6 is 0 Å². The van der Waals surface area contributed by atoms with Gasteiger partial charge in [-0.25, -0.2) is 8.42 Å². The van der Waals surface area contributed by atoms with E-state index in [1.165, 1.54) is 10.7 Å². The molecular weight excluding hydrogens is 438 g/mol. The molecule has 1 aromatic heterocycles. The van der Waals surface area contributed by atoms with Crippen LogP contribution < -0.4 is 4.90 Å². The van der Waals surface area contributed by atoms with E-state index in [0.717, 1.165) is 42.6 Å². The molecule has 0 N–H and O–H groups in total. The predicted octanol–water partition coefficient (Wildman–Crippen LogP) is 4.48. The Bertz CT molecular complexity index is 1140. The molecule has 0 bridgehead atoms. The van der Waals surface area contributed by atoms with E-state index in [4.69, 9.17) is 9.26 Å². The number of aromatic nitrogens is 1. The summed E-state index contributed by atoms with van der Waals surface area (Å²) < 4.78 is 39.8. The van der Waals surface area contributed by atoms with Gasteiger partial charge in [0.05, 0.1) is 17.1 Å². The van der Waals surface area contributed by atoms with Crippen LogP contribution in [0.2, 0.25) is 0 Å². The van der Waals surface area contributed by atoms with Gasteiger partial charge in [0.1, 0.15) is 5.69 Å². The van der Waals surface area contributed by atoms with Crippen molar-refractivity contribution in [2.45, 2.75) is 37.6 Å². The molecule has 0 saturated carbocycles. The van der Waals surface area contributed by atoms with E-state index in [9.17, 15) is 8.42 Å². The lowest BCUT2D eigenvalue weighted by molar-refractivity contribution is 0.177. The molecule has 0 radical (unpaired) electrons. The van der Waals surface area contributed by atoms with E-state index in [1.54, 1.807) is 19.2 Å². The van der Waals surface area contributed by atoms with Gasteiger partial charge in [-0.05, 0) is 38.3 Å². The number of sulfonamides is 1. The first kappa shape index (κ1) is 23.5. The maximum Gasteiger partial charge on any atom is 0.243 e. The van der Waals surface area contributed by atoms with Crippen LogP contribution in [-0.2, 0) is 21.3 Å². The Kier molecular flexibility index (Phi) is 7.47. The van der Waals surface area contributed by atoms with Crippen LogP contribution in [0.4, 0.5) is 5.88 Å². The van der Waals surface area contributed by atoms with E-state index in [0.29, 0.717) is 11.6 Å². The first-order chi connectivity index (χ1) is 16.0. The van der Waals surface area contributed by atoms with E-state index >= 15 is 0 Å². The molecular formula is C25H31N3O4S. The number of aryl methyl sites for hydroxylation is 1. The molecule has 0 spiro atoms. The molecule has 1 aliphatic rings. The van der Waals surface area contributed by atoms with Crippen molar-refractivity contribution >= 4 is 15.9 Å². The number of methoxy groups -OCH3 is 1. The van der Waals surface area contributed by atoms with Crippen LogP contribution in [0.1, 0.15) is 30.4 Å². The predicted molar refractivity (Wildman–Crippen MR) is 129 cm³/mol. The molecule has 1 fully saturated rings. The van der Waals surface area contributed by atoms with Crippen LogP contribution in [0.3, 0.4) is 0 Å². The van der Waals surface area contributed by atoms with Gasteiger partial charge in [0.15, 0.2) is 0 Å². The van der Waals surface area contributed by atoms with Gasteiger partial charge in [0, 0.05) is 38.9 Å². The van der Waals surface area contributed by atoms with Crippen LogP contribution in [0.5, 0.6) is 0 Å². The summed E-state index contributed by atoms with van der Waals surface area (Å²) in [6.07, 6.45) is 3.35. The Labute approximate surface area is 196 Å².